The number of nitrogens with zero attached hydrogens (tertiary/aromatic N) is 2. The van der Waals surface area contributed by atoms with Crippen LogP contribution in [0.4, 0.5) is 5.82 Å². The van der Waals surface area contributed by atoms with Crippen LogP contribution in [0.5, 0.6) is 0 Å². The zero-order valence-corrected chi connectivity index (χ0v) is 17.4. The third-order valence-electron chi connectivity index (χ3n) is 4.03. The normalized spacial score (nSPS) is 11.5. The van der Waals surface area contributed by atoms with Gasteiger partial charge >= 0.3 is 0 Å². The standard InChI is InChI=1S/C18H17BrClN3O2S/c1-12-7-8-15(9-13(12)2)26(24,25)22-18-16(19)11-23(21-18)10-14-5-3-4-6-17(14)20/h3-9,11H,10H2,1-2H3,(H,21,22). The zero-order valence-electron chi connectivity index (χ0n) is 14.2. The second kappa shape index (κ2) is 7.42. The Labute approximate surface area is 166 Å². The van der Waals surface area contributed by atoms with Crippen molar-refractivity contribution in [1.82, 2.24) is 9.78 Å². The van der Waals surface area contributed by atoms with Crippen LogP contribution in [0.25, 0.3) is 0 Å². The summed E-state index contributed by atoms with van der Waals surface area (Å²) in [6.45, 7) is 4.25. The smallest absolute Gasteiger partial charge is 0.263 e. The number of aromatic nitrogens is 2. The van der Waals surface area contributed by atoms with Gasteiger partial charge in [-0.1, -0.05) is 35.9 Å². The van der Waals surface area contributed by atoms with Crippen LogP contribution in [0.3, 0.4) is 0 Å². The van der Waals surface area contributed by atoms with Crippen molar-refractivity contribution in [1.29, 1.82) is 0 Å². The van der Waals surface area contributed by atoms with Crippen molar-refractivity contribution < 1.29 is 8.42 Å². The third-order valence-corrected chi connectivity index (χ3v) is 6.31. The molecule has 0 saturated heterocycles. The van der Waals surface area contributed by atoms with E-state index in [-0.39, 0.29) is 10.7 Å². The minimum atomic E-state index is -3.72. The van der Waals surface area contributed by atoms with Gasteiger partial charge in [0.15, 0.2) is 5.82 Å². The molecule has 0 fully saturated rings. The molecule has 0 unspecified atom stereocenters. The molecule has 0 spiro atoms. The van der Waals surface area contributed by atoms with Gasteiger partial charge in [-0.15, -0.1) is 0 Å². The van der Waals surface area contributed by atoms with Gasteiger partial charge in [-0.05, 0) is 64.7 Å². The number of halogens is 2. The van der Waals surface area contributed by atoms with E-state index >= 15 is 0 Å². The predicted molar refractivity (Wildman–Crippen MR) is 107 cm³/mol. The summed E-state index contributed by atoms with van der Waals surface area (Å²) in [5.74, 6) is 0.232. The fraction of sp³-hybridized carbons (Fsp3) is 0.167. The lowest BCUT2D eigenvalue weighted by Gasteiger charge is -2.08. The molecule has 3 rings (SSSR count). The largest absolute Gasteiger partial charge is 0.265 e. The molecule has 3 aromatic rings. The quantitative estimate of drug-likeness (QED) is 0.604. The molecular weight excluding hydrogens is 438 g/mol. The van der Waals surface area contributed by atoms with Crippen LogP contribution in [0.2, 0.25) is 5.02 Å². The van der Waals surface area contributed by atoms with Crippen molar-refractivity contribution in [3.8, 4) is 0 Å². The highest BCUT2D eigenvalue weighted by molar-refractivity contribution is 9.10. The second-order valence-electron chi connectivity index (χ2n) is 5.97. The summed E-state index contributed by atoms with van der Waals surface area (Å²) in [5, 5.41) is 4.95. The maximum Gasteiger partial charge on any atom is 0.263 e. The van der Waals surface area contributed by atoms with E-state index in [1.807, 2.05) is 32.0 Å². The van der Waals surface area contributed by atoms with Crippen molar-refractivity contribution in [2.24, 2.45) is 0 Å². The van der Waals surface area contributed by atoms with Gasteiger partial charge in [0.25, 0.3) is 10.0 Å². The molecule has 0 atom stereocenters. The van der Waals surface area contributed by atoms with Crippen molar-refractivity contribution >= 4 is 43.4 Å². The molecular formula is C18H17BrClN3O2S. The summed E-state index contributed by atoms with van der Waals surface area (Å²) in [7, 11) is -3.72. The van der Waals surface area contributed by atoms with Gasteiger partial charge in [0.1, 0.15) is 0 Å². The minimum absolute atomic E-state index is 0.202. The molecule has 0 saturated carbocycles. The van der Waals surface area contributed by atoms with Crippen molar-refractivity contribution in [2.75, 3.05) is 4.72 Å². The molecule has 1 N–H and O–H groups in total. The first-order valence-electron chi connectivity index (χ1n) is 7.83. The predicted octanol–water partition coefficient (Wildman–Crippen LogP) is 4.76. The van der Waals surface area contributed by atoms with Crippen LogP contribution in [-0.4, -0.2) is 18.2 Å². The van der Waals surface area contributed by atoms with Gasteiger partial charge in [0, 0.05) is 11.2 Å². The molecule has 26 heavy (non-hydrogen) atoms. The SMILES string of the molecule is Cc1ccc(S(=O)(=O)Nc2nn(Cc3ccccc3Cl)cc2Br)cc1C. The molecule has 0 amide bonds. The molecule has 5 nitrogen and oxygen atoms in total. The van der Waals surface area contributed by atoms with E-state index in [1.54, 1.807) is 35.1 Å². The topological polar surface area (TPSA) is 64.0 Å². The Bertz CT molecular complexity index is 1060. The van der Waals surface area contributed by atoms with E-state index in [4.69, 9.17) is 11.6 Å². The number of sulfonamides is 1. The van der Waals surface area contributed by atoms with Crippen LogP contribution >= 0.6 is 27.5 Å². The maximum atomic E-state index is 12.6. The number of hydrogen-bond donors (Lipinski definition) is 1. The number of hydrogen-bond acceptors (Lipinski definition) is 3. The van der Waals surface area contributed by atoms with Crippen LogP contribution in [0.15, 0.2) is 58.0 Å². The highest BCUT2D eigenvalue weighted by Gasteiger charge is 2.19. The molecule has 1 aromatic heterocycles. The fourth-order valence-electron chi connectivity index (χ4n) is 2.42. The van der Waals surface area contributed by atoms with Crippen molar-refractivity contribution in [3.63, 3.8) is 0 Å². The Balaban J connectivity index is 1.85. The molecule has 0 aliphatic heterocycles. The highest BCUT2D eigenvalue weighted by atomic mass is 79.9. The van der Waals surface area contributed by atoms with E-state index in [0.717, 1.165) is 16.7 Å². The average Bonchev–Trinajstić information content (AvgIpc) is 2.91. The molecule has 0 radical (unpaired) electrons. The third kappa shape index (κ3) is 4.11. The Kier molecular flexibility index (Phi) is 5.41. The van der Waals surface area contributed by atoms with Gasteiger partial charge in [-0.25, -0.2) is 8.42 Å². The van der Waals surface area contributed by atoms with Crippen LogP contribution in [0, 0.1) is 13.8 Å². The molecule has 136 valence electrons. The number of aryl methyl sites for hydroxylation is 2. The molecule has 0 aliphatic carbocycles. The Morgan fingerprint density at radius 1 is 1.15 bits per heavy atom. The first kappa shape index (κ1) is 18.9. The summed E-state index contributed by atoms with van der Waals surface area (Å²) in [6.07, 6.45) is 1.71. The van der Waals surface area contributed by atoms with Gasteiger partial charge in [0.2, 0.25) is 0 Å². The molecule has 8 heteroatoms. The first-order chi connectivity index (χ1) is 12.3. The number of nitrogens with one attached hydrogen (secondary N) is 1. The summed E-state index contributed by atoms with van der Waals surface area (Å²) >= 11 is 9.53. The Morgan fingerprint density at radius 2 is 1.88 bits per heavy atom. The Morgan fingerprint density at radius 3 is 2.58 bits per heavy atom. The van der Waals surface area contributed by atoms with E-state index in [1.165, 1.54) is 0 Å². The summed E-state index contributed by atoms with van der Waals surface area (Å²) < 4.78 is 30.0. The average molecular weight is 455 g/mol. The van der Waals surface area contributed by atoms with Gasteiger partial charge < -0.3 is 0 Å². The van der Waals surface area contributed by atoms with Gasteiger partial charge in [-0.3, -0.25) is 9.40 Å². The maximum absolute atomic E-state index is 12.6. The van der Waals surface area contributed by atoms with Gasteiger partial charge in [-0.2, -0.15) is 5.10 Å². The molecule has 1 heterocycles. The lowest BCUT2D eigenvalue weighted by atomic mass is 10.1. The van der Waals surface area contributed by atoms with Crippen LogP contribution in [-0.2, 0) is 16.6 Å². The van der Waals surface area contributed by atoms with Gasteiger partial charge in [0.05, 0.1) is 15.9 Å². The lowest BCUT2D eigenvalue weighted by Crippen LogP contribution is -2.14. The van der Waals surface area contributed by atoms with Crippen molar-refractivity contribution in [3.05, 3.63) is 74.8 Å². The summed E-state index contributed by atoms with van der Waals surface area (Å²) in [6, 6.07) is 12.5. The number of anilines is 1. The van der Waals surface area contributed by atoms with Crippen molar-refractivity contribution in [2.45, 2.75) is 25.3 Å². The Hall–Kier alpha value is -1.83. The van der Waals surface area contributed by atoms with E-state index in [0.29, 0.717) is 16.0 Å². The van der Waals surface area contributed by atoms with E-state index < -0.39 is 10.0 Å². The monoisotopic (exact) mass is 453 g/mol. The molecule has 2 aromatic carbocycles. The second-order valence-corrected chi connectivity index (χ2v) is 8.91. The van der Waals surface area contributed by atoms with Crippen LogP contribution < -0.4 is 4.72 Å². The highest BCUT2D eigenvalue weighted by Crippen LogP contribution is 2.25. The minimum Gasteiger partial charge on any atom is -0.265 e. The summed E-state index contributed by atoms with van der Waals surface area (Å²) in [4.78, 5) is 0.202. The molecule has 0 aliphatic rings. The number of rotatable bonds is 5. The zero-order chi connectivity index (χ0) is 18.9. The van der Waals surface area contributed by atoms with E-state index in [2.05, 4.69) is 25.8 Å². The lowest BCUT2D eigenvalue weighted by molar-refractivity contribution is 0.600. The summed E-state index contributed by atoms with van der Waals surface area (Å²) in [5.41, 5.74) is 2.85. The first-order valence-corrected chi connectivity index (χ1v) is 10.5. The van der Waals surface area contributed by atoms with Crippen LogP contribution in [0.1, 0.15) is 16.7 Å². The fourth-order valence-corrected chi connectivity index (χ4v) is 4.26. The van der Waals surface area contributed by atoms with E-state index in [9.17, 15) is 8.42 Å². The number of benzene rings is 2. The molecule has 0 bridgehead atoms.